The summed E-state index contributed by atoms with van der Waals surface area (Å²) in [4.78, 5) is 20.9. The van der Waals surface area contributed by atoms with Crippen molar-refractivity contribution in [3.8, 4) is 5.75 Å². The Hall–Kier alpha value is -1.22. The van der Waals surface area contributed by atoms with Crippen molar-refractivity contribution in [1.29, 1.82) is 0 Å². The molecule has 0 saturated heterocycles. The third kappa shape index (κ3) is 3.42. The first kappa shape index (κ1) is 12.8. The number of carbonyl (C=O) groups is 1. The first-order valence-electron chi connectivity index (χ1n) is 5.21. The van der Waals surface area contributed by atoms with Crippen LogP contribution in [0.3, 0.4) is 0 Å². The first-order chi connectivity index (χ1) is 7.54. The van der Waals surface area contributed by atoms with E-state index < -0.39 is 5.97 Å². The number of aryl methyl sites for hydroxylation is 1. The van der Waals surface area contributed by atoms with Crippen LogP contribution in [-0.4, -0.2) is 5.97 Å². The van der Waals surface area contributed by atoms with E-state index in [1.54, 1.807) is 32.0 Å². The third-order valence-corrected chi connectivity index (χ3v) is 2.32. The molecule has 0 aliphatic carbocycles. The molecule has 0 radical (unpaired) electrons. The summed E-state index contributed by atoms with van der Waals surface area (Å²) in [6.07, 6.45) is 0.759. The molecule has 4 heteroatoms. The lowest BCUT2D eigenvalue weighted by molar-refractivity contribution is -0.217. The van der Waals surface area contributed by atoms with E-state index >= 15 is 0 Å². The lowest BCUT2D eigenvalue weighted by Gasteiger charge is -2.09. The van der Waals surface area contributed by atoms with Gasteiger partial charge in [-0.15, -0.1) is 0 Å². The molecular weight excluding hydrogens is 228 g/mol. The summed E-state index contributed by atoms with van der Waals surface area (Å²) in [6.45, 7) is 5.46. The number of benzene rings is 1. The molecule has 0 aliphatic rings. The fraction of sp³-hybridized carbons (Fsp3) is 0.417. The maximum atomic E-state index is 11.2. The van der Waals surface area contributed by atoms with Crippen LogP contribution in [0.2, 0.25) is 5.02 Å². The fourth-order valence-electron chi connectivity index (χ4n) is 1.09. The van der Waals surface area contributed by atoms with E-state index in [1.807, 2.05) is 6.92 Å². The number of hydrogen-bond acceptors (Lipinski definition) is 3. The first-order valence-corrected chi connectivity index (χ1v) is 5.59. The summed E-state index contributed by atoms with van der Waals surface area (Å²) in [5.74, 6) is -0.0738. The average Bonchev–Trinajstić information content (AvgIpc) is 2.26. The van der Waals surface area contributed by atoms with E-state index in [0.717, 1.165) is 12.0 Å². The van der Waals surface area contributed by atoms with E-state index in [9.17, 15) is 4.79 Å². The zero-order valence-corrected chi connectivity index (χ0v) is 10.4. The third-order valence-electron chi connectivity index (χ3n) is 2.09. The number of hydrogen-bond donors (Lipinski definition) is 0. The van der Waals surface area contributed by atoms with Crippen LogP contribution in [0.4, 0.5) is 0 Å². The van der Waals surface area contributed by atoms with E-state index in [-0.39, 0.29) is 5.92 Å². The average molecular weight is 243 g/mol. The molecule has 0 spiro atoms. The Labute approximate surface area is 100 Å². The van der Waals surface area contributed by atoms with Crippen LogP contribution in [-0.2, 0) is 16.1 Å². The van der Waals surface area contributed by atoms with E-state index in [1.165, 1.54) is 0 Å². The smallest absolute Gasteiger partial charge is 0.287 e. The molecule has 88 valence electrons. The molecule has 0 atom stereocenters. The summed E-state index contributed by atoms with van der Waals surface area (Å²) in [5, 5.41) is 0.638. The lowest BCUT2D eigenvalue weighted by atomic mass is 10.1. The highest BCUT2D eigenvalue weighted by molar-refractivity contribution is 6.30. The molecule has 0 bridgehead atoms. The molecule has 0 fully saturated rings. The molecule has 1 aromatic rings. The molecule has 0 saturated carbocycles. The topological polar surface area (TPSA) is 35.5 Å². The van der Waals surface area contributed by atoms with Crippen molar-refractivity contribution >= 4 is 17.6 Å². The molecule has 16 heavy (non-hydrogen) atoms. The van der Waals surface area contributed by atoms with Crippen LogP contribution in [0.25, 0.3) is 0 Å². The van der Waals surface area contributed by atoms with E-state index in [2.05, 4.69) is 4.89 Å². The van der Waals surface area contributed by atoms with Crippen molar-refractivity contribution in [2.75, 3.05) is 0 Å². The minimum Gasteiger partial charge on any atom is -0.287 e. The van der Waals surface area contributed by atoms with Crippen LogP contribution in [0, 0.1) is 5.92 Å². The Morgan fingerprint density at radius 2 is 2.12 bits per heavy atom. The highest BCUT2D eigenvalue weighted by atomic mass is 35.5. The molecule has 0 amide bonds. The Bertz CT molecular complexity index is 375. The molecule has 0 unspecified atom stereocenters. The predicted octanol–water partition coefficient (Wildman–Crippen LogP) is 3.40. The van der Waals surface area contributed by atoms with Gasteiger partial charge in [-0.1, -0.05) is 32.4 Å². The summed E-state index contributed by atoms with van der Waals surface area (Å²) >= 11 is 5.85. The normalized spacial score (nSPS) is 10.3. The maximum absolute atomic E-state index is 11.2. The molecule has 0 N–H and O–H groups in total. The van der Waals surface area contributed by atoms with Gasteiger partial charge in [0, 0.05) is 10.6 Å². The largest absolute Gasteiger partial charge is 0.357 e. The zero-order valence-electron chi connectivity index (χ0n) is 9.62. The Morgan fingerprint density at radius 1 is 1.44 bits per heavy atom. The zero-order chi connectivity index (χ0) is 12.1. The van der Waals surface area contributed by atoms with Gasteiger partial charge in [0.05, 0.1) is 5.92 Å². The van der Waals surface area contributed by atoms with Crippen molar-refractivity contribution in [3.63, 3.8) is 0 Å². The van der Waals surface area contributed by atoms with Crippen molar-refractivity contribution in [3.05, 3.63) is 28.8 Å². The van der Waals surface area contributed by atoms with Gasteiger partial charge in [0.1, 0.15) is 0 Å². The van der Waals surface area contributed by atoms with Crippen molar-refractivity contribution in [2.24, 2.45) is 5.92 Å². The van der Waals surface area contributed by atoms with Crippen LogP contribution in [0.5, 0.6) is 5.75 Å². The van der Waals surface area contributed by atoms with Gasteiger partial charge in [-0.05, 0) is 24.6 Å². The van der Waals surface area contributed by atoms with Gasteiger partial charge in [0.25, 0.3) is 0 Å². The highest BCUT2D eigenvalue weighted by Gasteiger charge is 2.12. The van der Waals surface area contributed by atoms with E-state index in [4.69, 9.17) is 16.5 Å². The molecule has 1 aromatic carbocycles. The van der Waals surface area contributed by atoms with Gasteiger partial charge in [-0.25, -0.2) is 4.79 Å². The Balaban J connectivity index is 2.70. The van der Waals surface area contributed by atoms with Gasteiger partial charge in [0.15, 0.2) is 5.75 Å². The quantitative estimate of drug-likeness (QED) is 0.600. The van der Waals surface area contributed by atoms with Gasteiger partial charge < -0.3 is 0 Å². The Morgan fingerprint density at radius 3 is 2.69 bits per heavy atom. The SMILES string of the molecule is CCc1cc(Cl)ccc1OOC(=O)C(C)C. The molecule has 0 aliphatic heterocycles. The van der Waals surface area contributed by atoms with Gasteiger partial charge in [0.2, 0.25) is 0 Å². The summed E-state index contributed by atoms with van der Waals surface area (Å²) in [6, 6.07) is 5.17. The number of rotatable bonds is 4. The molecule has 0 heterocycles. The van der Waals surface area contributed by atoms with Crippen LogP contribution < -0.4 is 4.89 Å². The van der Waals surface area contributed by atoms with Gasteiger partial charge >= 0.3 is 5.97 Å². The van der Waals surface area contributed by atoms with Crippen molar-refractivity contribution < 1.29 is 14.6 Å². The fourth-order valence-corrected chi connectivity index (χ4v) is 1.28. The van der Waals surface area contributed by atoms with Crippen molar-refractivity contribution in [2.45, 2.75) is 27.2 Å². The van der Waals surface area contributed by atoms with Gasteiger partial charge in [-0.3, -0.25) is 9.78 Å². The summed E-state index contributed by atoms with van der Waals surface area (Å²) in [5.41, 5.74) is 0.907. The standard InChI is InChI=1S/C12H15ClO3/c1-4-9-7-10(13)5-6-11(9)15-16-12(14)8(2)3/h5-8H,4H2,1-3H3. The molecule has 1 rings (SSSR count). The molecule has 3 nitrogen and oxygen atoms in total. The molecular formula is C12H15ClO3. The molecule has 0 aromatic heterocycles. The monoisotopic (exact) mass is 242 g/mol. The second-order valence-electron chi connectivity index (χ2n) is 3.75. The highest BCUT2D eigenvalue weighted by Crippen LogP contribution is 2.23. The Kier molecular flexibility index (Phi) is 4.62. The number of halogens is 1. The minimum atomic E-state index is -0.392. The second-order valence-corrected chi connectivity index (χ2v) is 4.18. The summed E-state index contributed by atoms with van der Waals surface area (Å²) in [7, 11) is 0. The predicted molar refractivity (Wildman–Crippen MR) is 62.4 cm³/mol. The van der Waals surface area contributed by atoms with Gasteiger partial charge in [-0.2, -0.15) is 0 Å². The van der Waals surface area contributed by atoms with Crippen LogP contribution in [0.1, 0.15) is 26.3 Å². The van der Waals surface area contributed by atoms with Crippen molar-refractivity contribution in [1.82, 2.24) is 0 Å². The number of carbonyl (C=O) groups excluding carboxylic acids is 1. The summed E-state index contributed by atoms with van der Waals surface area (Å²) < 4.78 is 0. The van der Waals surface area contributed by atoms with E-state index in [0.29, 0.717) is 10.8 Å². The second kappa shape index (κ2) is 5.75. The minimum absolute atomic E-state index is 0.211. The van der Waals surface area contributed by atoms with Crippen LogP contribution >= 0.6 is 11.6 Å². The lowest BCUT2D eigenvalue weighted by Crippen LogP contribution is -2.14. The van der Waals surface area contributed by atoms with Crippen LogP contribution in [0.15, 0.2) is 18.2 Å². The maximum Gasteiger partial charge on any atom is 0.357 e.